The SMILES string of the molecule is NC(C(=O)NCC1CCC(c2ccnc(Nc3cncnc3)n2)CC1)c1ccccc1. The summed E-state index contributed by atoms with van der Waals surface area (Å²) in [6.45, 7) is 0.663. The summed E-state index contributed by atoms with van der Waals surface area (Å²) >= 11 is 0. The second-order valence-corrected chi connectivity index (χ2v) is 7.91. The third-order valence-corrected chi connectivity index (χ3v) is 5.76. The van der Waals surface area contributed by atoms with Crippen LogP contribution in [0.25, 0.3) is 0 Å². The standard InChI is InChI=1S/C23H27N7O/c24-21(18-4-2-1-3-5-18)22(31)28-12-16-6-8-17(9-7-16)20-10-11-27-23(30-20)29-19-13-25-15-26-14-19/h1-5,10-11,13-17,21H,6-9,12,24H2,(H,28,31)(H,27,29,30). The van der Waals surface area contributed by atoms with Gasteiger partial charge in [-0.3, -0.25) is 4.79 Å². The molecule has 1 atom stereocenters. The fourth-order valence-electron chi connectivity index (χ4n) is 3.98. The number of rotatable bonds is 7. The Morgan fingerprint density at radius 2 is 1.81 bits per heavy atom. The Morgan fingerprint density at radius 3 is 2.55 bits per heavy atom. The van der Waals surface area contributed by atoms with E-state index < -0.39 is 6.04 Å². The van der Waals surface area contributed by atoms with Crippen molar-refractivity contribution in [1.82, 2.24) is 25.3 Å². The first-order chi connectivity index (χ1) is 15.2. The number of carbonyl (C=O) groups excluding carboxylic acids is 1. The van der Waals surface area contributed by atoms with Gasteiger partial charge in [0, 0.05) is 24.4 Å². The molecule has 1 fully saturated rings. The lowest BCUT2D eigenvalue weighted by Gasteiger charge is -2.28. The quantitative estimate of drug-likeness (QED) is 0.540. The number of nitrogens with zero attached hydrogens (tertiary/aromatic N) is 4. The van der Waals surface area contributed by atoms with E-state index in [-0.39, 0.29) is 5.91 Å². The van der Waals surface area contributed by atoms with Crippen LogP contribution in [0.1, 0.15) is 48.9 Å². The van der Waals surface area contributed by atoms with E-state index in [9.17, 15) is 4.79 Å². The third-order valence-electron chi connectivity index (χ3n) is 5.76. The van der Waals surface area contributed by atoms with Crippen molar-refractivity contribution >= 4 is 17.5 Å². The van der Waals surface area contributed by atoms with Gasteiger partial charge in [-0.05, 0) is 43.2 Å². The molecule has 1 aliphatic rings. The summed E-state index contributed by atoms with van der Waals surface area (Å²) in [5.41, 5.74) is 8.72. The lowest BCUT2D eigenvalue weighted by Crippen LogP contribution is -2.37. The highest BCUT2D eigenvalue weighted by Gasteiger charge is 2.25. The number of amides is 1. The number of anilines is 2. The van der Waals surface area contributed by atoms with Crippen molar-refractivity contribution < 1.29 is 4.79 Å². The fraction of sp³-hybridized carbons (Fsp3) is 0.348. The molecule has 1 amide bonds. The molecule has 4 N–H and O–H groups in total. The second kappa shape index (κ2) is 10.1. The van der Waals surface area contributed by atoms with Gasteiger partial charge in [0.25, 0.3) is 0 Å². The zero-order valence-corrected chi connectivity index (χ0v) is 17.3. The maximum atomic E-state index is 12.4. The summed E-state index contributed by atoms with van der Waals surface area (Å²) in [5, 5.41) is 6.17. The molecule has 0 saturated heterocycles. The van der Waals surface area contributed by atoms with Crippen LogP contribution in [0.2, 0.25) is 0 Å². The minimum atomic E-state index is -0.625. The Balaban J connectivity index is 1.26. The highest BCUT2D eigenvalue weighted by molar-refractivity contribution is 5.82. The third kappa shape index (κ3) is 5.61. The van der Waals surface area contributed by atoms with Crippen LogP contribution in [-0.4, -0.2) is 32.4 Å². The maximum absolute atomic E-state index is 12.4. The number of nitrogens with one attached hydrogen (secondary N) is 2. The normalized spacial score (nSPS) is 19.4. The topological polar surface area (TPSA) is 119 Å². The van der Waals surface area contributed by atoms with Crippen molar-refractivity contribution in [3.63, 3.8) is 0 Å². The van der Waals surface area contributed by atoms with E-state index in [0.717, 1.165) is 42.6 Å². The minimum absolute atomic E-state index is 0.121. The van der Waals surface area contributed by atoms with E-state index in [1.807, 2.05) is 36.4 Å². The largest absolute Gasteiger partial charge is 0.354 e. The lowest BCUT2D eigenvalue weighted by molar-refractivity contribution is -0.122. The first-order valence-electron chi connectivity index (χ1n) is 10.6. The van der Waals surface area contributed by atoms with Crippen LogP contribution in [0, 0.1) is 5.92 Å². The predicted molar refractivity (Wildman–Crippen MR) is 118 cm³/mol. The van der Waals surface area contributed by atoms with Gasteiger partial charge < -0.3 is 16.4 Å². The zero-order valence-electron chi connectivity index (χ0n) is 17.3. The molecule has 1 saturated carbocycles. The highest BCUT2D eigenvalue weighted by atomic mass is 16.2. The van der Waals surface area contributed by atoms with Gasteiger partial charge in [-0.25, -0.2) is 19.9 Å². The molecule has 160 valence electrons. The molecule has 0 spiro atoms. The van der Waals surface area contributed by atoms with Crippen LogP contribution >= 0.6 is 0 Å². The Kier molecular flexibility index (Phi) is 6.78. The van der Waals surface area contributed by atoms with Gasteiger partial charge in [0.2, 0.25) is 11.9 Å². The van der Waals surface area contributed by atoms with Crippen molar-refractivity contribution in [2.45, 2.75) is 37.6 Å². The van der Waals surface area contributed by atoms with Crippen molar-refractivity contribution in [1.29, 1.82) is 0 Å². The summed E-state index contributed by atoms with van der Waals surface area (Å²) in [7, 11) is 0. The van der Waals surface area contributed by atoms with E-state index in [1.54, 1.807) is 18.6 Å². The van der Waals surface area contributed by atoms with Gasteiger partial charge in [0.1, 0.15) is 12.4 Å². The van der Waals surface area contributed by atoms with Gasteiger partial charge in [-0.1, -0.05) is 30.3 Å². The number of nitrogens with two attached hydrogens (primary N) is 1. The van der Waals surface area contributed by atoms with Crippen LogP contribution in [-0.2, 0) is 4.79 Å². The Morgan fingerprint density at radius 1 is 1.06 bits per heavy atom. The average Bonchev–Trinajstić information content (AvgIpc) is 2.84. The van der Waals surface area contributed by atoms with Crippen molar-refractivity contribution in [2.24, 2.45) is 11.7 Å². The molecular formula is C23H27N7O. The summed E-state index contributed by atoms with van der Waals surface area (Å²) in [6.07, 6.45) is 10.8. The molecular weight excluding hydrogens is 390 g/mol. The molecule has 2 aromatic heterocycles. The average molecular weight is 418 g/mol. The molecule has 4 rings (SSSR count). The molecule has 0 radical (unpaired) electrons. The molecule has 1 unspecified atom stereocenters. The smallest absolute Gasteiger partial charge is 0.241 e. The van der Waals surface area contributed by atoms with Gasteiger partial charge in [0.15, 0.2) is 0 Å². The Bertz CT molecular complexity index is 975. The molecule has 0 bridgehead atoms. The molecule has 1 aromatic carbocycles. The van der Waals surface area contributed by atoms with Crippen LogP contribution in [0.15, 0.2) is 61.3 Å². The predicted octanol–water partition coefficient (Wildman–Crippen LogP) is 3.10. The van der Waals surface area contributed by atoms with Crippen LogP contribution in [0.3, 0.4) is 0 Å². The van der Waals surface area contributed by atoms with Gasteiger partial charge in [0.05, 0.1) is 18.1 Å². The van der Waals surface area contributed by atoms with Crippen LogP contribution < -0.4 is 16.4 Å². The number of hydrogen-bond acceptors (Lipinski definition) is 7. The minimum Gasteiger partial charge on any atom is -0.354 e. The van der Waals surface area contributed by atoms with E-state index >= 15 is 0 Å². The fourth-order valence-corrected chi connectivity index (χ4v) is 3.98. The maximum Gasteiger partial charge on any atom is 0.241 e. The molecule has 8 nitrogen and oxygen atoms in total. The van der Waals surface area contributed by atoms with Crippen LogP contribution in [0.4, 0.5) is 11.6 Å². The highest BCUT2D eigenvalue weighted by Crippen LogP contribution is 2.35. The monoisotopic (exact) mass is 417 g/mol. The molecule has 2 heterocycles. The van der Waals surface area contributed by atoms with Crippen molar-refractivity contribution in [3.05, 3.63) is 72.6 Å². The number of hydrogen-bond donors (Lipinski definition) is 3. The Labute approximate surface area is 181 Å². The van der Waals surface area contributed by atoms with Gasteiger partial charge >= 0.3 is 0 Å². The van der Waals surface area contributed by atoms with Crippen molar-refractivity contribution in [3.8, 4) is 0 Å². The number of benzene rings is 1. The number of carbonyl (C=O) groups is 1. The van der Waals surface area contributed by atoms with Gasteiger partial charge in [-0.15, -0.1) is 0 Å². The molecule has 8 heteroatoms. The van der Waals surface area contributed by atoms with E-state index in [0.29, 0.717) is 24.3 Å². The first-order valence-corrected chi connectivity index (χ1v) is 10.6. The summed E-state index contributed by atoms with van der Waals surface area (Å²) < 4.78 is 0. The molecule has 31 heavy (non-hydrogen) atoms. The molecule has 3 aromatic rings. The first kappa shape index (κ1) is 20.9. The van der Waals surface area contributed by atoms with Crippen LogP contribution in [0.5, 0.6) is 0 Å². The zero-order chi connectivity index (χ0) is 21.5. The summed E-state index contributed by atoms with van der Waals surface area (Å²) in [5.74, 6) is 1.29. The lowest BCUT2D eigenvalue weighted by atomic mass is 9.80. The van der Waals surface area contributed by atoms with Gasteiger partial charge in [-0.2, -0.15) is 0 Å². The Hall–Kier alpha value is -3.39. The van der Waals surface area contributed by atoms with E-state index in [2.05, 4.69) is 30.6 Å². The summed E-state index contributed by atoms with van der Waals surface area (Å²) in [4.78, 5) is 29.4. The van der Waals surface area contributed by atoms with Crippen molar-refractivity contribution in [2.75, 3.05) is 11.9 Å². The van der Waals surface area contributed by atoms with E-state index in [4.69, 9.17) is 5.73 Å². The molecule has 0 aliphatic heterocycles. The van der Waals surface area contributed by atoms with E-state index in [1.165, 1.54) is 6.33 Å². The second-order valence-electron chi connectivity index (χ2n) is 7.91. The molecule has 1 aliphatic carbocycles. The summed E-state index contributed by atoms with van der Waals surface area (Å²) in [6, 6.07) is 10.8. The number of aromatic nitrogens is 4.